The molecule has 3 heteroatoms. The fourth-order valence-corrected chi connectivity index (χ4v) is 4.64. The van der Waals surface area contributed by atoms with Crippen LogP contribution in [0.1, 0.15) is 29.3 Å². The molecular weight excluding hydrogens is 222 g/mol. The highest BCUT2D eigenvalue weighted by Gasteiger charge is 2.27. The molecule has 1 atom stereocenters. The molecule has 0 aromatic carbocycles. The Bertz CT molecular complexity index is 328. The monoisotopic (exact) mass is 239 g/mol. The van der Waals surface area contributed by atoms with Gasteiger partial charge < -0.3 is 0 Å². The smallest absolute Gasteiger partial charge is 0.0359 e. The van der Waals surface area contributed by atoms with E-state index >= 15 is 0 Å². The first-order valence-electron chi connectivity index (χ1n) is 5.83. The molecule has 2 aliphatic rings. The molecule has 1 aromatic rings. The van der Waals surface area contributed by atoms with Crippen molar-refractivity contribution in [2.24, 2.45) is 0 Å². The summed E-state index contributed by atoms with van der Waals surface area (Å²) in [5.41, 5.74) is 1.65. The third-order valence-electron chi connectivity index (χ3n) is 3.51. The summed E-state index contributed by atoms with van der Waals surface area (Å²) >= 11 is 4.07. The van der Waals surface area contributed by atoms with E-state index in [4.69, 9.17) is 0 Å². The van der Waals surface area contributed by atoms with Gasteiger partial charge in [0, 0.05) is 35.5 Å². The molecule has 1 fully saturated rings. The van der Waals surface area contributed by atoms with Crippen LogP contribution in [0.4, 0.5) is 0 Å². The summed E-state index contributed by atoms with van der Waals surface area (Å²) in [5, 5.41) is 2.28. The third-order valence-corrected chi connectivity index (χ3v) is 5.45. The first kappa shape index (κ1) is 10.2. The molecule has 82 valence electrons. The Morgan fingerprint density at radius 1 is 1.27 bits per heavy atom. The van der Waals surface area contributed by atoms with Crippen molar-refractivity contribution < 1.29 is 0 Å². The maximum Gasteiger partial charge on any atom is 0.0359 e. The van der Waals surface area contributed by atoms with Gasteiger partial charge in [-0.25, -0.2) is 0 Å². The van der Waals surface area contributed by atoms with Crippen LogP contribution < -0.4 is 0 Å². The maximum absolute atomic E-state index is 2.71. The number of hydrogen-bond acceptors (Lipinski definition) is 3. The highest BCUT2D eigenvalue weighted by Crippen LogP contribution is 2.37. The van der Waals surface area contributed by atoms with Crippen molar-refractivity contribution in [1.29, 1.82) is 0 Å². The fourth-order valence-electron chi connectivity index (χ4n) is 2.73. The van der Waals surface area contributed by atoms with Crippen LogP contribution >= 0.6 is 23.1 Å². The summed E-state index contributed by atoms with van der Waals surface area (Å²) in [4.78, 5) is 4.37. The molecule has 2 heterocycles. The van der Waals surface area contributed by atoms with E-state index in [-0.39, 0.29) is 0 Å². The molecule has 0 radical (unpaired) electrons. The van der Waals surface area contributed by atoms with Gasteiger partial charge in [-0.2, -0.15) is 11.8 Å². The fraction of sp³-hybridized carbons (Fsp3) is 0.667. The zero-order chi connectivity index (χ0) is 10.1. The molecule has 1 aliphatic heterocycles. The van der Waals surface area contributed by atoms with Crippen LogP contribution in [0, 0.1) is 0 Å². The summed E-state index contributed by atoms with van der Waals surface area (Å²) < 4.78 is 0. The quantitative estimate of drug-likeness (QED) is 0.740. The lowest BCUT2D eigenvalue weighted by Gasteiger charge is -2.36. The van der Waals surface area contributed by atoms with E-state index in [1.165, 1.54) is 43.9 Å². The molecule has 0 bridgehead atoms. The minimum absolute atomic E-state index is 0.751. The van der Waals surface area contributed by atoms with Gasteiger partial charge in [0.05, 0.1) is 0 Å². The molecule has 0 N–H and O–H groups in total. The summed E-state index contributed by atoms with van der Waals surface area (Å²) in [5.74, 6) is 2.66. The van der Waals surface area contributed by atoms with Crippen molar-refractivity contribution in [3.05, 3.63) is 21.9 Å². The number of fused-ring (bicyclic) bond motifs is 1. The zero-order valence-electron chi connectivity index (χ0n) is 8.95. The van der Waals surface area contributed by atoms with E-state index in [2.05, 4.69) is 28.1 Å². The van der Waals surface area contributed by atoms with Gasteiger partial charge in [-0.3, -0.25) is 4.90 Å². The van der Waals surface area contributed by atoms with Crippen molar-refractivity contribution in [1.82, 2.24) is 4.90 Å². The highest BCUT2D eigenvalue weighted by molar-refractivity contribution is 7.99. The van der Waals surface area contributed by atoms with E-state index in [0.29, 0.717) is 0 Å². The van der Waals surface area contributed by atoms with Gasteiger partial charge in [-0.15, -0.1) is 11.3 Å². The molecular formula is C12H17NS2. The number of nitrogens with zero attached hydrogens (tertiary/aromatic N) is 1. The van der Waals surface area contributed by atoms with Crippen LogP contribution in [0.5, 0.6) is 0 Å². The van der Waals surface area contributed by atoms with Gasteiger partial charge in [0.25, 0.3) is 0 Å². The van der Waals surface area contributed by atoms with Crippen molar-refractivity contribution in [3.63, 3.8) is 0 Å². The number of rotatable bonds is 1. The standard InChI is InChI=1S/C12H17NS2/c1-2-11(13-5-8-14-9-6-13)10-4-7-15-12(10)3-1/h4,7,11H,1-3,5-6,8-9H2. The summed E-state index contributed by atoms with van der Waals surface area (Å²) in [6, 6.07) is 3.12. The predicted molar refractivity (Wildman–Crippen MR) is 68.9 cm³/mol. The summed E-state index contributed by atoms with van der Waals surface area (Å²) in [6.45, 7) is 2.59. The molecule has 1 nitrogen and oxygen atoms in total. The van der Waals surface area contributed by atoms with E-state index in [9.17, 15) is 0 Å². The molecule has 1 unspecified atom stereocenters. The van der Waals surface area contributed by atoms with Crippen LogP contribution in [0.2, 0.25) is 0 Å². The molecule has 15 heavy (non-hydrogen) atoms. The van der Waals surface area contributed by atoms with E-state index < -0.39 is 0 Å². The lowest BCUT2D eigenvalue weighted by molar-refractivity contribution is 0.198. The molecule has 0 saturated carbocycles. The van der Waals surface area contributed by atoms with Crippen molar-refractivity contribution in [2.75, 3.05) is 24.6 Å². The minimum Gasteiger partial charge on any atom is -0.295 e. The van der Waals surface area contributed by atoms with Crippen molar-refractivity contribution >= 4 is 23.1 Å². The number of aryl methyl sites for hydroxylation is 1. The lowest BCUT2D eigenvalue weighted by atomic mass is 9.93. The van der Waals surface area contributed by atoms with E-state index in [0.717, 1.165) is 6.04 Å². The molecule has 1 aromatic heterocycles. The summed E-state index contributed by atoms with van der Waals surface area (Å²) in [6.07, 6.45) is 4.10. The first-order valence-corrected chi connectivity index (χ1v) is 7.86. The van der Waals surface area contributed by atoms with Crippen molar-refractivity contribution in [2.45, 2.75) is 25.3 Å². The molecule has 0 amide bonds. The van der Waals surface area contributed by atoms with E-state index in [1.54, 1.807) is 10.4 Å². The van der Waals surface area contributed by atoms with Crippen LogP contribution in [0.15, 0.2) is 11.4 Å². The number of hydrogen-bond donors (Lipinski definition) is 0. The Hall–Kier alpha value is 0.01000. The Balaban J connectivity index is 1.82. The predicted octanol–water partition coefficient (Wildman–Crippen LogP) is 3.17. The molecule has 3 rings (SSSR count). The third kappa shape index (κ3) is 1.97. The SMILES string of the molecule is c1cc2c(s1)CCCC2N1CCSCC1. The van der Waals surface area contributed by atoms with Gasteiger partial charge >= 0.3 is 0 Å². The highest BCUT2D eigenvalue weighted by atomic mass is 32.2. The maximum atomic E-state index is 2.71. The van der Waals surface area contributed by atoms with Crippen molar-refractivity contribution in [3.8, 4) is 0 Å². The topological polar surface area (TPSA) is 3.24 Å². The Morgan fingerprint density at radius 3 is 3.00 bits per heavy atom. The van der Waals surface area contributed by atoms with Crippen LogP contribution in [-0.4, -0.2) is 29.5 Å². The Kier molecular flexibility index (Phi) is 3.04. The van der Waals surface area contributed by atoms with E-state index in [1.807, 2.05) is 11.3 Å². The van der Waals surface area contributed by atoms with Crippen LogP contribution in [0.3, 0.4) is 0 Å². The number of thiophene rings is 1. The van der Waals surface area contributed by atoms with Gasteiger partial charge in [0.2, 0.25) is 0 Å². The number of thioether (sulfide) groups is 1. The second-order valence-electron chi connectivity index (χ2n) is 4.36. The zero-order valence-corrected chi connectivity index (χ0v) is 10.6. The van der Waals surface area contributed by atoms with Gasteiger partial charge in [0.1, 0.15) is 0 Å². The Morgan fingerprint density at radius 2 is 2.13 bits per heavy atom. The van der Waals surface area contributed by atoms with Gasteiger partial charge in [0.15, 0.2) is 0 Å². The Labute approximate surface area is 99.9 Å². The molecule has 0 spiro atoms. The summed E-state index contributed by atoms with van der Waals surface area (Å²) in [7, 11) is 0. The lowest BCUT2D eigenvalue weighted by Crippen LogP contribution is -2.37. The molecule has 1 aliphatic carbocycles. The average molecular weight is 239 g/mol. The van der Waals surface area contributed by atoms with Crippen LogP contribution in [0.25, 0.3) is 0 Å². The molecule has 1 saturated heterocycles. The second kappa shape index (κ2) is 4.48. The largest absolute Gasteiger partial charge is 0.295 e. The van der Waals surface area contributed by atoms with Gasteiger partial charge in [-0.1, -0.05) is 0 Å². The van der Waals surface area contributed by atoms with Gasteiger partial charge in [-0.05, 0) is 36.3 Å². The normalized spacial score (nSPS) is 27.6. The minimum atomic E-state index is 0.751. The van der Waals surface area contributed by atoms with Crippen LogP contribution in [-0.2, 0) is 6.42 Å². The average Bonchev–Trinajstić information content (AvgIpc) is 2.78. The first-order chi connectivity index (χ1) is 7.45. The second-order valence-corrected chi connectivity index (χ2v) is 6.58.